The van der Waals surface area contributed by atoms with Crippen LogP contribution in [0.5, 0.6) is 5.75 Å². The van der Waals surface area contributed by atoms with E-state index in [9.17, 15) is 0 Å². The summed E-state index contributed by atoms with van der Waals surface area (Å²) in [5, 5.41) is 3.42. The summed E-state index contributed by atoms with van der Waals surface area (Å²) in [5.74, 6) is 0.780. The lowest BCUT2D eigenvalue weighted by Crippen LogP contribution is -2.25. The lowest BCUT2D eigenvalue weighted by atomic mass is 9.89. The molecule has 0 bridgehead atoms. The van der Waals surface area contributed by atoms with Gasteiger partial charge in [0.2, 0.25) is 0 Å². The van der Waals surface area contributed by atoms with Crippen molar-refractivity contribution in [1.29, 1.82) is 0 Å². The first-order valence-electron chi connectivity index (χ1n) is 6.60. The van der Waals surface area contributed by atoms with Gasteiger partial charge in [0.1, 0.15) is 10.7 Å². The van der Waals surface area contributed by atoms with E-state index in [1.165, 1.54) is 0 Å². The number of anilines is 1. The van der Waals surface area contributed by atoms with Gasteiger partial charge < -0.3 is 20.5 Å². The number of nitrogens with two attached hydrogens (primary N) is 1. The summed E-state index contributed by atoms with van der Waals surface area (Å²) < 4.78 is 10.4. The molecule has 0 aliphatic rings. The Kier molecular flexibility index (Phi) is 6.23. The standard InChI is InChI=1S/C15H24N2O2S/c1-15(2,7-8-18-3)10-17-13-9-11(19-4)5-6-12(13)14(16)20/h5-6,9,17H,7-8,10H2,1-4H3,(H2,16,20). The normalized spacial score (nSPS) is 11.2. The molecule has 0 aliphatic carbocycles. The zero-order valence-corrected chi connectivity index (χ0v) is 13.5. The van der Waals surface area contributed by atoms with Gasteiger partial charge in [-0.15, -0.1) is 0 Å². The van der Waals surface area contributed by atoms with Gasteiger partial charge in [-0.3, -0.25) is 0 Å². The van der Waals surface area contributed by atoms with Crippen molar-refractivity contribution in [2.75, 3.05) is 32.7 Å². The molecule has 0 aromatic heterocycles. The molecule has 0 fully saturated rings. The molecule has 5 heteroatoms. The smallest absolute Gasteiger partial charge is 0.120 e. The first-order chi connectivity index (χ1) is 9.39. The van der Waals surface area contributed by atoms with Gasteiger partial charge in [-0.1, -0.05) is 26.1 Å². The molecule has 0 heterocycles. The Morgan fingerprint density at radius 1 is 1.35 bits per heavy atom. The van der Waals surface area contributed by atoms with Crippen LogP contribution in [0.1, 0.15) is 25.8 Å². The molecular weight excluding hydrogens is 272 g/mol. The zero-order chi connectivity index (χ0) is 15.2. The van der Waals surface area contributed by atoms with E-state index >= 15 is 0 Å². The van der Waals surface area contributed by atoms with Crippen molar-refractivity contribution >= 4 is 22.9 Å². The Morgan fingerprint density at radius 3 is 2.60 bits per heavy atom. The van der Waals surface area contributed by atoms with Gasteiger partial charge in [0, 0.05) is 37.6 Å². The molecule has 0 amide bonds. The number of hydrogen-bond donors (Lipinski definition) is 2. The molecule has 0 radical (unpaired) electrons. The highest BCUT2D eigenvalue weighted by atomic mass is 32.1. The fourth-order valence-electron chi connectivity index (χ4n) is 1.81. The van der Waals surface area contributed by atoms with Crippen molar-refractivity contribution in [3.63, 3.8) is 0 Å². The molecular formula is C15H24N2O2S. The Hall–Kier alpha value is -1.33. The summed E-state index contributed by atoms with van der Waals surface area (Å²) in [7, 11) is 3.36. The summed E-state index contributed by atoms with van der Waals surface area (Å²) in [6.45, 7) is 5.94. The number of hydrogen-bond acceptors (Lipinski definition) is 4. The van der Waals surface area contributed by atoms with Gasteiger partial charge >= 0.3 is 0 Å². The Morgan fingerprint density at radius 2 is 2.05 bits per heavy atom. The Labute approximate surface area is 126 Å². The minimum absolute atomic E-state index is 0.118. The van der Waals surface area contributed by atoms with Crippen LogP contribution in [0.15, 0.2) is 18.2 Å². The number of benzene rings is 1. The van der Waals surface area contributed by atoms with Crippen LogP contribution in [-0.4, -0.2) is 32.4 Å². The highest BCUT2D eigenvalue weighted by Crippen LogP contribution is 2.26. The second-order valence-electron chi connectivity index (χ2n) is 5.54. The van der Waals surface area contributed by atoms with Crippen LogP contribution in [0.2, 0.25) is 0 Å². The molecule has 0 spiro atoms. The third kappa shape index (κ3) is 4.98. The number of ether oxygens (including phenoxy) is 2. The summed E-state index contributed by atoms with van der Waals surface area (Å²) in [4.78, 5) is 0.379. The van der Waals surface area contributed by atoms with E-state index in [0.29, 0.717) is 4.99 Å². The van der Waals surface area contributed by atoms with Crippen molar-refractivity contribution in [3.05, 3.63) is 23.8 Å². The minimum Gasteiger partial charge on any atom is -0.497 e. The van der Waals surface area contributed by atoms with Crippen molar-refractivity contribution in [1.82, 2.24) is 0 Å². The Bertz CT molecular complexity index is 461. The van der Waals surface area contributed by atoms with Crippen LogP contribution in [0.4, 0.5) is 5.69 Å². The number of thiocarbonyl (C=S) groups is 1. The van der Waals surface area contributed by atoms with Gasteiger partial charge in [0.15, 0.2) is 0 Å². The lowest BCUT2D eigenvalue weighted by molar-refractivity contribution is 0.157. The average Bonchev–Trinajstić information content (AvgIpc) is 2.42. The molecule has 1 rings (SSSR count). The van der Waals surface area contributed by atoms with Crippen molar-refractivity contribution in [2.24, 2.45) is 11.1 Å². The molecule has 0 saturated heterocycles. The van der Waals surface area contributed by atoms with E-state index < -0.39 is 0 Å². The third-order valence-corrected chi connectivity index (χ3v) is 3.45. The molecule has 4 nitrogen and oxygen atoms in total. The zero-order valence-electron chi connectivity index (χ0n) is 12.7. The van der Waals surface area contributed by atoms with E-state index in [4.69, 9.17) is 27.4 Å². The first kappa shape index (κ1) is 16.7. The average molecular weight is 296 g/mol. The first-order valence-corrected chi connectivity index (χ1v) is 7.01. The van der Waals surface area contributed by atoms with E-state index in [1.54, 1.807) is 14.2 Å². The van der Waals surface area contributed by atoms with Gasteiger partial charge in [-0.25, -0.2) is 0 Å². The summed E-state index contributed by atoms with van der Waals surface area (Å²) in [6, 6.07) is 5.66. The fraction of sp³-hybridized carbons (Fsp3) is 0.533. The van der Waals surface area contributed by atoms with E-state index in [1.807, 2.05) is 18.2 Å². The molecule has 3 N–H and O–H groups in total. The molecule has 1 aromatic rings. The molecule has 20 heavy (non-hydrogen) atoms. The van der Waals surface area contributed by atoms with Crippen LogP contribution < -0.4 is 15.8 Å². The fourth-order valence-corrected chi connectivity index (χ4v) is 1.99. The number of nitrogens with one attached hydrogen (secondary N) is 1. The Balaban J connectivity index is 2.82. The molecule has 0 aliphatic heterocycles. The largest absolute Gasteiger partial charge is 0.497 e. The maximum atomic E-state index is 5.76. The predicted octanol–water partition coefficient (Wildman–Crippen LogP) is 2.80. The highest BCUT2D eigenvalue weighted by molar-refractivity contribution is 7.80. The second kappa shape index (κ2) is 7.45. The maximum Gasteiger partial charge on any atom is 0.120 e. The van der Waals surface area contributed by atoms with Crippen LogP contribution in [0, 0.1) is 5.41 Å². The SMILES string of the molecule is COCCC(C)(C)CNc1cc(OC)ccc1C(N)=S. The molecule has 112 valence electrons. The van der Waals surface area contributed by atoms with Gasteiger partial charge in [-0.2, -0.15) is 0 Å². The van der Waals surface area contributed by atoms with Gasteiger partial charge in [0.05, 0.1) is 7.11 Å². The third-order valence-electron chi connectivity index (χ3n) is 3.23. The topological polar surface area (TPSA) is 56.5 Å². The van der Waals surface area contributed by atoms with Crippen molar-refractivity contribution < 1.29 is 9.47 Å². The van der Waals surface area contributed by atoms with E-state index in [0.717, 1.165) is 36.6 Å². The van der Waals surface area contributed by atoms with E-state index in [-0.39, 0.29) is 5.41 Å². The van der Waals surface area contributed by atoms with Crippen LogP contribution in [0.25, 0.3) is 0 Å². The predicted molar refractivity (Wildman–Crippen MR) is 87.6 cm³/mol. The minimum atomic E-state index is 0.118. The van der Waals surface area contributed by atoms with Crippen LogP contribution in [0.3, 0.4) is 0 Å². The summed E-state index contributed by atoms with van der Waals surface area (Å²) in [6.07, 6.45) is 0.975. The number of rotatable bonds is 8. The lowest BCUT2D eigenvalue weighted by Gasteiger charge is -2.26. The van der Waals surface area contributed by atoms with Crippen LogP contribution >= 0.6 is 12.2 Å². The van der Waals surface area contributed by atoms with Gasteiger partial charge in [-0.05, 0) is 24.0 Å². The van der Waals surface area contributed by atoms with Crippen molar-refractivity contribution in [2.45, 2.75) is 20.3 Å². The molecule has 0 atom stereocenters. The van der Waals surface area contributed by atoms with Gasteiger partial charge in [0.25, 0.3) is 0 Å². The monoisotopic (exact) mass is 296 g/mol. The summed E-state index contributed by atoms with van der Waals surface area (Å²) in [5.41, 5.74) is 7.62. The molecule has 1 aromatic carbocycles. The van der Waals surface area contributed by atoms with Crippen LogP contribution in [-0.2, 0) is 4.74 Å². The molecule has 0 unspecified atom stereocenters. The van der Waals surface area contributed by atoms with E-state index in [2.05, 4.69) is 19.2 Å². The quantitative estimate of drug-likeness (QED) is 0.722. The van der Waals surface area contributed by atoms with Crippen molar-refractivity contribution in [3.8, 4) is 5.75 Å². The molecule has 0 saturated carbocycles. The highest BCUT2D eigenvalue weighted by Gasteiger charge is 2.18. The maximum absolute atomic E-state index is 5.76. The summed E-state index contributed by atoms with van der Waals surface area (Å²) >= 11 is 5.08. The second-order valence-corrected chi connectivity index (χ2v) is 5.98. The number of methoxy groups -OCH3 is 2.